The minimum absolute atomic E-state index is 0.0239. The Bertz CT molecular complexity index is 394. The van der Waals surface area contributed by atoms with Gasteiger partial charge in [-0.3, -0.25) is 4.79 Å². The SMILES string of the molecule is CC1CNCC1C(=O)N1CCCS(=O)(=O)CC1. The van der Waals surface area contributed by atoms with Gasteiger partial charge in [-0.2, -0.15) is 0 Å². The zero-order valence-electron chi connectivity index (χ0n) is 10.2. The molecule has 0 spiro atoms. The monoisotopic (exact) mass is 260 g/mol. The summed E-state index contributed by atoms with van der Waals surface area (Å²) in [7, 11) is -2.93. The molecule has 0 aliphatic carbocycles. The molecule has 2 rings (SSSR count). The van der Waals surface area contributed by atoms with Gasteiger partial charge in [0.05, 0.1) is 17.4 Å². The standard InChI is InChI=1S/C11H20N2O3S/c1-9-7-12-8-10(9)11(14)13-3-2-5-17(15,16)6-4-13/h9-10,12H,2-8H2,1H3. The molecule has 5 nitrogen and oxygen atoms in total. The Morgan fingerprint density at radius 2 is 2.00 bits per heavy atom. The summed E-state index contributed by atoms with van der Waals surface area (Å²) in [5, 5.41) is 3.21. The Labute approximate surface area is 102 Å². The molecule has 0 bridgehead atoms. The van der Waals surface area contributed by atoms with E-state index in [1.807, 2.05) is 0 Å². The Balaban J connectivity index is 2.00. The van der Waals surface area contributed by atoms with Crippen LogP contribution in [0.3, 0.4) is 0 Å². The first-order valence-corrected chi connectivity index (χ1v) is 8.02. The van der Waals surface area contributed by atoms with E-state index in [9.17, 15) is 13.2 Å². The average molecular weight is 260 g/mol. The molecular weight excluding hydrogens is 240 g/mol. The van der Waals surface area contributed by atoms with Crippen molar-refractivity contribution in [3.63, 3.8) is 0 Å². The maximum atomic E-state index is 12.3. The average Bonchev–Trinajstić information content (AvgIpc) is 2.59. The van der Waals surface area contributed by atoms with Crippen LogP contribution in [0.2, 0.25) is 0 Å². The minimum Gasteiger partial charge on any atom is -0.341 e. The molecule has 2 aliphatic heterocycles. The minimum atomic E-state index is -2.93. The molecule has 2 saturated heterocycles. The molecule has 2 heterocycles. The molecule has 2 unspecified atom stereocenters. The van der Waals surface area contributed by atoms with E-state index in [4.69, 9.17) is 0 Å². The highest BCUT2D eigenvalue weighted by molar-refractivity contribution is 7.91. The van der Waals surface area contributed by atoms with Crippen molar-refractivity contribution in [2.24, 2.45) is 11.8 Å². The van der Waals surface area contributed by atoms with Crippen LogP contribution >= 0.6 is 0 Å². The molecule has 98 valence electrons. The van der Waals surface area contributed by atoms with Crippen LogP contribution in [0.1, 0.15) is 13.3 Å². The van der Waals surface area contributed by atoms with E-state index in [0.717, 1.165) is 13.1 Å². The van der Waals surface area contributed by atoms with Gasteiger partial charge in [-0.05, 0) is 18.9 Å². The summed E-state index contributed by atoms with van der Waals surface area (Å²) >= 11 is 0. The predicted octanol–water partition coefficient (Wildman–Crippen LogP) is -0.511. The molecule has 0 radical (unpaired) electrons. The number of carbonyl (C=O) groups excluding carboxylic acids is 1. The van der Waals surface area contributed by atoms with E-state index < -0.39 is 9.84 Å². The molecule has 0 saturated carbocycles. The van der Waals surface area contributed by atoms with Crippen LogP contribution in [0.15, 0.2) is 0 Å². The van der Waals surface area contributed by atoms with Gasteiger partial charge in [-0.1, -0.05) is 6.92 Å². The topological polar surface area (TPSA) is 66.5 Å². The van der Waals surface area contributed by atoms with Crippen molar-refractivity contribution >= 4 is 15.7 Å². The van der Waals surface area contributed by atoms with Gasteiger partial charge in [-0.25, -0.2) is 8.42 Å². The summed E-state index contributed by atoms with van der Waals surface area (Å²) in [5.74, 6) is 0.834. The maximum Gasteiger partial charge on any atom is 0.227 e. The van der Waals surface area contributed by atoms with Gasteiger partial charge >= 0.3 is 0 Å². The highest BCUT2D eigenvalue weighted by Crippen LogP contribution is 2.19. The normalized spacial score (nSPS) is 33.4. The molecule has 17 heavy (non-hydrogen) atoms. The predicted molar refractivity (Wildman–Crippen MR) is 65.4 cm³/mol. The van der Waals surface area contributed by atoms with Crippen molar-refractivity contribution in [1.82, 2.24) is 10.2 Å². The van der Waals surface area contributed by atoms with Crippen LogP contribution < -0.4 is 5.32 Å². The van der Waals surface area contributed by atoms with E-state index in [2.05, 4.69) is 12.2 Å². The van der Waals surface area contributed by atoms with E-state index in [1.165, 1.54) is 0 Å². The molecule has 2 atom stereocenters. The molecule has 0 aromatic rings. The number of sulfone groups is 1. The molecule has 1 N–H and O–H groups in total. The van der Waals surface area contributed by atoms with Crippen molar-refractivity contribution in [3.8, 4) is 0 Å². The van der Waals surface area contributed by atoms with Gasteiger partial charge in [0.2, 0.25) is 5.91 Å². The quantitative estimate of drug-likeness (QED) is 0.689. The Morgan fingerprint density at radius 1 is 1.24 bits per heavy atom. The molecule has 2 aliphatic rings. The largest absolute Gasteiger partial charge is 0.341 e. The Hall–Kier alpha value is -0.620. The van der Waals surface area contributed by atoms with Gasteiger partial charge in [0.15, 0.2) is 9.84 Å². The summed E-state index contributed by atoms with van der Waals surface area (Å²) in [6.45, 7) is 4.62. The third-order valence-electron chi connectivity index (χ3n) is 3.70. The third-order valence-corrected chi connectivity index (χ3v) is 5.42. The fourth-order valence-corrected chi connectivity index (χ4v) is 3.81. The third kappa shape index (κ3) is 2.98. The van der Waals surface area contributed by atoms with E-state index in [1.54, 1.807) is 4.90 Å². The van der Waals surface area contributed by atoms with Gasteiger partial charge in [0.25, 0.3) is 0 Å². The number of nitrogens with zero attached hydrogens (tertiary/aromatic N) is 1. The number of hydrogen-bond donors (Lipinski definition) is 1. The second kappa shape index (κ2) is 4.94. The highest BCUT2D eigenvalue weighted by atomic mass is 32.2. The molecule has 0 aromatic carbocycles. The summed E-state index contributed by atoms with van der Waals surface area (Å²) in [6.07, 6.45) is 0.572. The van der Waals surface area contributed by atoms with Gasteiger partial charge in [0, 0.05) is 19.6 Å². The first kappa shape index (κ1) is 12.8. The molecular formula is C11H20N2O3S. The lowest BCUT2D eigenvalue weighted by atomic mass is 9.96. The van der Waals surface area contributed by atoms with Crippen molar-refractivity contribution in [2.75, 3.05) is 37.7 Å². The van der Waals surface area contributed by atoms with Crippen molar-refractivity contribution in [1.29, 1.82) is 0 Å². The van der Waals surface area contributed by atoms with Crippen molar-refractivity contribution < 1.29 is 13.2 Å². The first-order valence-electron chi connectivity index (χ1n) is 6.19. The Morgan fingerprint density at radius 3 is 2.65 bits per heavy atom. The smallest absolute Gasteiger partial charge is 0.227 e. The summed E-state index contributed by atoms with van der Waals surface area (Å²) in [6, 6.07) is 0. The van der Waals surface area contributed by atoms with Crippen LogP contribution in [0.4, 0.5) is 0 Å². The summed E-state index contributed by atoms with van der Waals surface area (Å²) < 4.78 is 22.9. The van der Waals surface area contributed by atoms with Crippen LogP contribution in [0.25, 0.3) is 0 Å². The van der Waals surface area contributed by atoms with Gasteiger partial charge in [0.1, 0.15) is 0 Å². The van der Waals surface area contributed by atoms with Crippen molar-refractivity contribution in [2.45, 2.75) is 13.3 Å². The fourth-order valence-electron chi connectivity index (χ4n) is 2.53. The zero-order valence-corrected chi connectivity index (χ0v) is 11.0. The lowest BCUT2D eigenvalue weighted by Gasteiger charge is -2.25. The zero-order chi connectivity index (χ0) is 12.5. The van der Waals surface area contributed by atoms with Crippen LogP contribution in [-0.4, -0.2) is 56.9 Å². The Kier molecular flexibility index (Phi) is 3.73. The highest BCUT2D eigenvalue weighted by Gasteiger charge is 2.33. The number of carbonyl (C=O) groups is 1. The van der Waals surface area contributed by atoms with Crippen LogP contribution in [0, 0.1) is 11.8 Å². The van der Waals surface area contributed by atoms with Crippen molar-refractivity contribution in [3.05, 3.63) is 0 Å². The maximum absolute atomic E-state index is 12.3. The summed E-state index contributed by atoms with van der Waals surface area (Å²) in [4.78, 5) is 14.0. The van der Waals surface area contributed by atoms with Crippen LogP contribution in [0.5, 0.6) is 0 Å². The summed E-state index contributed by atoms with van der Waals surface area (Å²) in [5.41, 5.74) is 0. The van der Waals surface area contributed by atoms with E-state index in [0.29, 0.717) is 25.4 Å². The number of hydrogen-bond acceptors (Lipinski definition) is 4. The van der Waals surface area contributed by atoms with E-state index in [-0.39, 0.29) is 23.3 Å². The fraction of sp³-hybridized carbons (Fsp3) is 0.909. The number of amides is 1. The van der Waals surface area contributed by atoms with Gasteiger partial charge < -0.3 is 10.2 Å². The molecule has 2 fully saturated rings. The lowest BCUT2D eigenvalue weighted by molar-refractivity contribution is -0.135. The second-order valence-electron chi connectivity index (χ2n) is 5.07. The number of rotatable bonds is 1. The van der Waals surface area contributed by atoms with Crippen LogP contribution in [-0.2, 0) is 14.6 Å². The molecule has 0 aromatic heterocycles. The second-order valence-corrected chi connectivity index (χ2v) is 7.38. The van der Waals surface area contributed by atoms with E-state index >= 15 is 0 Å². The van der Waals surface area contributed by atoms with Gasteiger partial charge in [-0.15, -0.1) is 0 Å². The number of nitrogens with one attached hydrogen (secondary N) is 1. The first-order chi connectivity index (χ1) is 7.99. The molecule has 1 amide bonds. The molecule has 6 heteroatoms. The lowest BCUT2D eigenvalue weighted by Crippen LogP contribution is -2.40.